The van der Waals surface area contributed by atoms with Gasteiger partial charge in [-0.25, -0.2) is 0 Å². The molecule has 1 spiro atoms. The molecule has 3 heterocycles. The van der Waals surface area contributed by atoms with Crippen LogP contribution in [0.15, 0.2) is 103 Å². The minimum atomic E-state index is 0.0707. The average Bonchev–Trinajstić information content (AvgIpc) is 3.08. The van der Waals surface area contributed by atoms with Crippen LogP contribution in [0, 0.1) is 30.6 Å². The van der Waals surface area contributed by atoms with Gasteiger partial charge >= 0.3 is 0 Å². The first-order valence-corrected chi connectivity index (χ1v) is 18.5. The molecule has 4 fully saturated rings. The Balaban J connectivity index is 1.21. The number of nitrogens with zero attached hydrogens (tertiary/aromatic N) is 2. The van der Waals surface area contributed by atoms with Crippen LogP contribution in [0.2, 0.25) is 0 Å². The first kappa shape index (κ1) is 27.7. The number of fused-ring (bicyclic) bond motifs is 6. The van der Waals surface area contributed by atoms with Crippen molar-refractivity contribution in [1.29, 1.82) is 0 Å². The maximum absolute atomic E-state index is 2.70. The maximum Gasteiger partial charge on any atom is 0.252 e. The molecule has 12 rings (SSSR count). The van der Waals surface area contributed by atoms with E-state index in [1.807, 2.05) is 0 Å². The lowest BCUT2D eigenvalue weighted by Gasteiger charge is -2.64. The van der Waals surface area contributed by atoms with Gasteiger partial charge in [0.25, 0.3) is 6.71 Å². The predicted octanol–water partition coefficient (Wildman–Crippen LogP) is 9.43. The van der Waals surface area contributed by atoms with Gasteiger partial charge in [0.15, 0.2) is 0 Å². The normalized spacial score (nSPS) is 26.7. The van der Waals surface area contributed by atoms with Crippen LogP contribution in [0.25, 0.3) is 0 Å². The van der Waals surface area contributed by atoms with Gasteiger partial charge in [-0.05, 0) is 138 Å². The van der Waals surface area contributed by atoms with Crippen LogP contribution in [-0.2, 0) is 10.8 Å². The topological polar surface area (TPSA) is 6.48 Å². The molecule has 0 aromatic heterocycles. The van der Waals surface area contributed by atoms with Crippen LogP contribution in [0.4, 0.5) is 34.1 Å². The van der Waals surface area contributed by atoms with Gasteiger partial charge < -0.3 is 9.80 Å². The van der Waals surface area contributed by atoms with Gasteiger partial charge in [0.2, 0.25) is 0 Å². The van der Waals surface area contributed by atoms with Crippen molar-refractivity contribution in [2.45, 2.75) is 70.6 Å². The molecule has 0 unspecified atom stereocenters. The zero-order valence-corrected chi connectivity index (χ0v) is 28.6. The SMILES string of the molecule is Cc1ccc2c(c1)B1c3cccc4c3N(c3ccccc3C43C4CC5CC(C4)CC3C5)c3cccc(c31)N2c1cccc(C(C)(C)C)c1. The van der Waals surface area contributed by atoms with E-state index in [-0.39, 0.29) is 17.5 Å². The zero-order chi connectivity index (χ0) is 32.1. The standard InChI is InChI=1S/C45H43BN2/c1-27-18-19-39-37(20-27)46-36-14-8-13-35-43(36)48(38-15-6-5-12-34(38)45(35)31-22-28-21-29(24-31)25-32(45)23-28)41-17-9-16-40(42(41)46)47(39)33-11-7-10-30(26-33)44(2,3)4/h5-20,26,28-29,31-32H,21-25H2,1-4H3. The molecule has 0 amide bonds. The van der Waals surface area contributed by atoms with Crippen LogP contribution in [0.1, 0.15) is 75.1 Å². The highest BCUT2D eigenvalue weighted by molar-refractivity contribution is 7.00. The lowest BCUT2D eigenvalue weighted by atomic mass is 9.32. The molecule has 5 aromatic rings. The molecule has 0 N–H and O–H groups in total. The van der Waals surface area contributed by atoms with Crippen molar-refractivity contribution < 1.29 is 0 Å². The lowest BCUT2D eigenvalue weighted by molar-refractivity contribution is -0.0419. The van der Waals surface area contributed by atoms with Crippen LogP contribution >= 0.6 is 0 Å². The van der Waals surface area contributed by atoms with Gasteiger partial charge in [-0.15, -0.1) is 0 Å². The van der Waals surface area contributed by atoms with Crippen LogP contribution in [0.5, 0.6) is 0 Å². The van der Waals surface area contributed by atoms with Crippen molar-refractivity contribution in [3.63, 3.8) is 0 Å². The van der Waals surface area contributed by atoms with Gasteiger partial charge in [0.1, 0.15) is 0 Å². The molecule has 3 heteroatoms. The Morgan fingerprint density at radius 3 is 2.04 bits per heavy atom. The second-order valence-electron chi connectivity index (χ2n) is 17.1. The van der Waals surface area contributed by atoms with Gasteiger partial charge in [-0.3, -0.25) is 0 Å². The summed E-state index contributed by atoms with van der Waals surface area (Å²) in [5.74, 6) is 3.34. The highest BCUT2D eigenvalue weighted by atomic mass is 15.2. The van der Waals surface area contributed by atoms with Crippen molar-refractivity contribution in [2.24, 2.45) is 23.7 Å². The summed E-state index contributed by atoms with van der Waals surface area (Å²) in [6, 6.07) is 40.6. The fraction of sp³-hybridized carbons (Fsp3) is 0.333. The van der Waals surface area contributed by atoms with E-state index in [1.54, 1.807) is 11.1 Å². The summed E-state index contributed by atoms with van der Waals surface area (Å²) in [5.41, 5.74) is 18.6. The molecule has 48 heavy (non-hydrogen) atoms. The zero-order valence-electron chi connectivity index (χ0n) is 28.6. The molecule has 0 atom stereocenters. The summed E-state index contributed by atoms with van der Waals surface area (Å²) in [6.45, 7) is 9.41. The van der Waals surface area contributed by atoms with Gasteiger partial charge in [0, 0.05) is 33.9 Å². The Morgan fingerprint density at radius 1 is 0.604 bits per heavy atom. The van der Waals surface area contributed by atoms with E-state index in [0.29, 0.717) is 0 Å². The van der Waals surface area contributed by atoms with E-state index >= 15 is 0 Å². The molecular formula is C45H43BN2. The van der Waals surface area contributed by atoms with Gasteiger partial charge in [-0.2, -0.15) is 0 Å². The molecule has 5 aromatic carbocycles. The number of para-hydroxylation sites is 2. The third kappa shape index (κ3) is 3.36. The molecule has 4 aliphatic carbocycles. The largest absolute Gasteiger partial charge is 0.311 e. The van der Waals surface area contributed by atoms with Gasteiger partial charge in [0.05, 0.1) is 5.69 Å². The smallest absolute Gasteiger partial charge is 0.252 e. The summed E-state index contributed by atoms with van der Waals surface area (Å²) in [6.07, 6.45) is 7.09. The fourth-order valence-corrected chi connectivity index (χ4v) is 12.1. The Labute approximate surface area is 285 Å². The summed E-state index contributed by atoms with van der Waals surface area (Å²) in [7, 11) is 0. The molecule has 7 aliphatic rings. The Bertz CT molecular complexity index is 2160. The molecule has 3 aliphatic heterocycles. The van der Waals surface area contributed by atoms with E-state index < -0.39 is 0 Å². The van der Waals surface area contributed by atoms with E-state index in [4.69, 9.17) is 0 Å². The number of hydrogen-bond acceptors (Lipinski definition) is 2. The average molecular weight is 623 g/mol. The second kappa shape index (κ2) is 9.26. The first-order chi connectivity index (χ1) is 23.3. The van der Waals surface area contributed by atoms with Crippen LogP contribution in [-0.4, -0.2) is 6.71 Å². The van der Waals surface area contributed by atoms with E-state index in [0.717, 1.165) is 23.7 Å². The number of benzene rings is 5. The first-order valence-electron chi connectivity index (χ1n) is 18.5. The van der Waals surface area contributed by atoms with E-state index in [9.17, 15) is 0 Å². The highest BCUT2D eigenvalue weighted by Gasteiger charge is 2.62. The van der Waals surface area contributed by atoms with Crippen molar-refractivity contribution in [3.05, 3.63) is 125 Å². The van der Waals surface area contributed by atoms with Crippen molar-refractivity contribution >= 4 is 57.2 Å². The fourth-order valence-electron chi connectivity index (χ4n) is 12.1. The molecule has 0 saturated heterocycles. The summed E-state index contributed by atoms with van der Waals surface area (Å²) in [5, 5.41) is 0. The minimum Gasteiger partial charge on any atom is -0.311 e. The number of hydrogen-bond donors (Lipinski definition) is 0. The third-order valence-corrected chi connectivity index (χ3v) is 13.6. The third-order valence-electron chi connectivity index (χ3n) is 13.6. The van der Waals surface area contributed by atoms with Crippen molar-refractivity contribution in [1.82, 2.24) is 0 Å². The maximum atomic E-state index is 2.70. The summed E-state index contributed by atoms with van der Waals surface area (Å²) < 4.78 is 0. The Morgan fingerprint density at radius 2 is 1.27 bits per heavy atom. The highest BCUT2D eigenvalue weighted by Crippen LogP contribution is 2.69. The van der Waals surface area contributed by atoms with Crippen LogP contribution < -0.4 is 26.2 Å². The molecule has 4 bridgehead atoms. The predicted molar refractivity (Wildman–Crippen MR) is 202 cm³/mol. The van der Waals surface area contributed by atoms with Crippen molar-refractivity contribution in [2.75, 3.05) is 9.80 Å². The van der Waals surface area contributed by atoms with E-state index in [2.05, 4.69) is 141 Å². The van der Waals surface area contributed by atoms with E-state index in [1.165, 1.54) is 93.7 Å². The molecule has 4 saturated carbocycles. The second-order valence-corrected chi connectivity index (χ2v) is 17.1. The van der Waals surface area contributed by atoms with Gasteiger partial charge in [-0.1, -0.05) is 93.1 Å². The molecular weight excluding hydrogens is 579 g/mol. The molecule has 236 valence electrons. The monoisotopic (exact) mass is 622 g/mol. The number of anilines is 6. The lowest BCUT2D eigenvalue weighted by Crippen LogP contribution is -2.64. The summed E-state index contributed by atoms with van der Waals surface area (Å²) >= 11 is 0. The Kier molecular flexibility index (Phi) is 5.34. The van der Waals surface area contributed by atoms with Crippen molar-refractivity contribution in [3.8, 4) is 0 Å². The summed E-state index contributed by atoms with van der Waals surface area (Å²) in [4.78, 5) is 5.26. The minimum absolute atomic E-state index is 0.0707. The molecule has 2 nitrogen and oxygen atoms in total. The quantitative estimate of drug-likeness (QED) is 0.168. The number of rotatable bonds is 1. The Hall–Kier alpha value is -4.24. The molecule has 0 radical (unpaired) electrons. The number of aryl methyl sites for hydroxylation is 1. The van der Waals surface area contributed by atoms with Crippen LogP contribution in [0.3, 0.4) is 0 Å².